The Morgan fingerprint density at radius 1 is 1.50 bits per heavy atom. The summed E-state index contributed by atoms with van der Waals surface area (Å²) in [6.07, 6.45) is 0.641. The predicted molar refractivity (Wildman–Crippen MR) is 74.7 cm³/mol. The fraction of sp³-hybridized carbons (Fsp3) is 0.182. The predicted octanol–water partition coefficient (Wildman–Crippen LogP) is 2.06. The zero-order valence-electron chi connectivity index (χ0n) is 9.27. The molecule has 0 radical (unpaired) electrons. The van der Waals surface area contributed by atoms with Crippen molar-refractivity contribution in [3.63, 3.8) is 0 Å². The maximum absolute atomic E-state index is 10.5. The van der Waals surface area contributed by atoms with Gasteiger partial charge in [-0.1, -0.05) is 6.07 Å². The van der Waals surface area contributed by atoms with Gasteiger partial charge in [-0.2, -0.15) is 5.48 Å². The third-order valence-electron chi connectivity index (χ3n) is 2.66. The molecule has 7 heteroatoms. The van der Waals surface area contributed by atoms with E-state index in [0.717, 1.165) is 20.0 Å². The number of fused-ring (bicyclic) bond motifs is 1. The van der Waals surface area contributed by atoms with Gasteiger partial charge in [0.1, 0.15) is 0 Å². The number of carboxylic acid groups (broad SMARTS) is 1. The molecule has 0 aliphatic rings. The zero-order chi connectivity index (χ0) is 13.1. The summed E-state index contributed by atoms with van der Waals surface area (Å²) in [7, 11) is 0. The van der Waals surface area contributed by atoms with Gasteiger partial charge in [-0.25, -0.2) is 4.79 Å². The Kier molecular flexibility index (Phi) is 4.04. The Morgan fingerprint density at radius 3 is 2.94 bits per heavy atom. The molecule has 18 heavy (non-hydrogen) atoms. The van der Waals surface area contributed by atoms with Gasteiger partial charge in [0, 0.05) is 27.2 Å². The Hall–Kier alpha value is -1.32. The van der Waals surface area contributed by atoms with Crippen molar-refractivity contribution in [2.75, 3.05) is 6.54 Å². The molecular weight excluding hydrogens is 349 g/mol. The van der Waals surface area contributed by atoms with E-state index in [1.165, 1.54) is 0 Å². The lowest BCUT2D eigenvalue weighted by Crippen LogP contribution is -2.32. The third-order valence-corrected chi connectivity index (χ3v) is 3.34. The number of hydrogen-bond acceptors (Lipinski definition) is 3. The van der Waals surface area contributed by atoms with Crippen molar-refractivity contribution in [2.24, 2.45) is 0 Å². The topological polar surface area (TPSA) is 97.4 Å². The van der Waals surface area contributed by atoms with Gasteiger partial charge in [-0.15, -0.1) is 0 Å². The Bertz CT molecular complexity index is 570. The van der Waals surface area contributed by atoms with E-state index < -0.39 is 12.1 Å². The standard InChI is InChI=1S/C11H12IN3O3/c12-6-1-2-7-8(4-13-9(7)3-6)10(15-18)5-14-11(16)17/h1-4,10,13-15,18H,5H2,(H,16,17). The van der Waals surface area contributed by atoms with Crippen LogP contribution in [0.25, 0.3) is 10.9 Å². The van der Waals surface area contributed by atoms with Crippen molar-refractivity contribution < 1.29 is 15.1 Å². The second kappa shape index (κ2) is 5.55. The summed E-state index contributed by atoms with van der Waals surface area (Å²) in [6, 6.07) is 5.39. The highest BCUT2D eigenvalue weighted by Crippen LogP contribution is 2.25. The van der Waals surface area contributed by atoms with Gasteiger partial charge in [0.15, 0.2) is 0 Å². The van der Waals surface area contributed by atoms with Crippen LogP contribution in [0.5, 0.6) is 0 Å². The van der Waals surface area contributed by atoms with Crippen molar-refractivity contribution in [3.05, 3.63) is 33.5 Å². The van der Waals surface area contributed by atoms with E-state index in [1.807, 2.05) is 18.2 Å². The first-order valence-electron chi connectivity index (χ1n) is 5.24. The number of hydroxylamine groups is 1. The molecule has 0 aliphatic carbocycles. The molecule has 96 valence electrons. The number of aromatic nitrogens is 1. The molecule has 2 rings (SSSR count). The number of carbonyl (C=O) groups is 1. The van der Waals surface area contributed by atoms with Gasteiger partial charge in [-0.3, -0.25) is 0 Å². The minimum absolute atomic E-state index is 0.0881. The van der Waals surface area contributed by atoms with Crippen LogP contribution in [0.4, 0.5) is 4.79 Å². The third kappa shape index (κ3) is 2.74. The van der Waals surface area contributed by atoms with Crippen LogP contribution in [0.2, 0.25) is 0 Å². The van der Waals surface area contributed by atoms with Crippen molar-refractivity contribution in [1.29, 1.82) is 0 Å². The number of aromatic amines is 1. The average Bonchev–Trinajstić information content (AvgIpc) is 2.73. The first-order valence-corrected chi connectivity index (χ1v) is 6.32. The Balaban J connectivity index is 2.30. The summed E-state index contributed by atoms with van der Waals surface area (Å²) in [5.74, 6) is 0. The summed E-state index contributed by atoms with van der Waals surface area (Å²) in [6.45, 7) is 0.0881. The molecule has 0 saturated heterocycles. The second-order valence-electron chi connectivity index (χ2n) is 3.80. The number of halogens is 1. The summed E-state index contributed by atoms with van der Waals surface area (Å²) in [5, 5.41) is 20.9. The highest BCUT2D eigenvalue weighted by molar-refractivity contribution is 14.1. The van der Waals surface area contributed by atoms with Crippen LogP contribution in [0.15, 0.2) is 24.4 Å². The maximum atomic E-state index is 10.5. The number of amides is 1. The van der Waals surface area contributed by atoms with Crippen LogP contribution in [0.1, 0.15) is 11.6 Å². The SMILES string of the molecule is O=C(O)NCC(NO)c1c[nH]c2cc(I)ccc12. The van der Waals surface area contributed by atoms with Crippen LogP contribution in [0.3, 0.4) is 0 Å². The molecule has 1 amide bonds. The fourth-order valence-corrected chi connectivity index (χ4v) is 2.31. The molecule has 1 aromatic heterocycles. The molecule has 0 aliphatic heterocycles. The molecule has 6 nitrogen and oxygen atoms in total. The Labute approximate surface area is 116 Å². The lowest BCUT2D eigenvalue weighted by molar-refractivity contribution is 0.124. The van der Waals surface area contributed by atoms with Crippen LogP contribution in [0, 0.1) is 3.57 Å². The van der Waals surface area contributed by atoms with Crippen LogP contribution < -0.4 is 10.8 Å². The molecule has 1 aromatic carbocycles. The molecule has 1 atom stereocenters. The van der Waals surface area contributed by atoms with Crippen LogP contribution in [-0.4, -0.2) is 27.9 Å². The first-order chi connectivity index (χ1) is 8.61. The number of hydrogen-bond donors (Lipinski definition) is 5. The van der Waals surface area contributed by atoms with E-state index in [4.69, 9.17) is 10.3 Å². The molecule has 2 aromatic rings. The highest BCUT2D eigenvalue weighted by atomic mass is 127. The molecule has 0 saturated carbocycles. The van der Waals surface area contributed by atoms with E-state index in [1.54, 1.807) is 6.20 Å². The van der Waals surface area contributed by atoms with Crippen LogP contribution >= 0.6 is 22.6 Å². The Morgan fingerprint density at radius 2 is 2.28 bits per heavy atom. The van der Waals surface area contributed by atoms with E-state index in [-0.39, 0.29) is 6.54 Å². The van der Waals surface area contributed by atoms with Crippen molar-refractivity contribution in [2.45, 2.75) is 6.04 Å². The minimum atomic E-state index is -1.12. The van der Waals surface area contributed by atoms with E-state index >= 15 is 0 Å². The van der Waals surface area contributed by atoms with E-state index in [9.17, 15) is 4.79 Å². The number of nitrogens with one attached hydrogen (secondary N) is 3. The number of rotatable bonds is 4. The van der Waals surface area contributed by atoms with E-state index in [0.29, 0.717) is 0 Å². The monoisotopic (exact) mass is 361 g/mol. The molecular formula is C11H12IN3O3. The maximum Gasteiger partial charge on any atom is 0.404 e. The zero-order valence-corrected chi connectivity index (χ0v) is 11.4. The van der Waals surface area contributed by atoms with Gasteiger partial charge in [0.25, 0.3) is 0 Å². The van der Waals surface area contributed by atoms with Crippen molar-refractivity contribution in [3.8, 4) is 0 Å². The number of H-pyrrole nitrogens is 1. The summed E-state index contributed by atoms with van der Waals surface area (Å²) in [4.78, 5) is 13.6. The normalized spacial score (nSPS) is 12.6. The van der Waals surface area contributed by atoms with Crippen molar-refractivity contribution >= 4 is 39.6 Å². The number of benzene rings is 1. The molecule has 0 bridgehead atoms. The molecule has 1 heterocycles. The fourth-order valence-electron chi connectivity index (χ4n) is 1.82. The van der Waals surface area contributed by atoms with Gasteiger partial charge >= 0.3 is 6.09 Å². The second-order valence-corrected chi connectivity index (χ2v) is 5.05. The van der Waals surface area contributed by atoms with Gasteiger partial charge in [0.2, 0.25) is 0 Å². The minimum Gasteiger partial charge on any atom is -0.465 e. The summed E-state index contributed by atoms with van der Waals surface area (Å²) < 4.78 is 1.10. The van der Waals surface area contributed by atoms with E-state index in [2.05, 4.69) is 38.4 Å². The molecule has 1 unspecified atom stereocenters. The van der Waals surface area contributed by atoms with Gasteiger partial charge in [-0.05, 0) is 40.3 Å². The lowest BCUT2D eigenvalue weighted by Gasteiger charge is -2.14. The molecule has 5 N–H and O–H groups in total. The molecule has 0 fully saturated rings. The molecule has 0 spiro atoms. The largest absolute Gasteiger partial charge is 0.465 e. The summed E-state index contributed by atoms with van der Waals surface area (Å²) in [5.41, 5.74) is 3.89. The summed E-state index contributed by atoms with van der Waals surface area (Å²) >= 11 is 2.21. The van der Waals surface area contributed by atoms with Crippen molar-refractivity contribution in [1.82, 2.24) is 15.8 Å². The van der Waals surface area contributed by atoms with Gasteiger partial charge in [0.05, 0.1) is 6.04 Å². The first kappa shape index (κ1) is 13.1. The van der Waals surface area contributed by atoms with Crippen LogP contribution in [-0.2, 0) is 0 Å². The lowest BCUT2D eigenvalue weighted by atomic mass is 10.1. The smallest absolute Gasteiger partial charge is 0.404 e. The average molecular weight is 361 g/mol. The highest BCUT2D eigenvalue weighted by Gasteiger charge is 2.15. The quantitative estimate of drug-likeness (QED) is 0.425. The van der Waals surface area contributed by atoms with Gasteiger partial charge < -0.3 is 20.6 Å².